The van der Waals surface area contributed by atoms with Crippen LogP contribution < -0.4 is 5.73 Å². The minimum Gasteiger partial charge on any atom is -0.428 e. The Labute approximate surface area is 121 Å². The molecule has 2 heterocycles. The van der Waals surface area contributed by atoms with Gasteiger partial charge in [0.15, 0.2) is 5.58 Å². The molecule has 108 valence electrons. The molecule has 0 radical (unpaired) electrons. The van der Waals surface area contributed by atoms with E-state index in [1.807, 2.05) is 13.0 Å². The summed E-state index contributed by atoms with van der Waals surface area (Å²) in [5.74, 6) is -0.248. The topological polar surface area (TPSA) is 99.1 Å². The number of hydrogen-bond acceptors (Lipinski definition) is 6. The molecule has 1 aromatic carbocycles. The van der Waals surface area contributed by atoms with Gasteiger partial charge in [0.25, 0.3) is 0 Å². The quantitative estimate of drug-likeness (QED) is 0.744. The van der Waals surface area contributed by atoms with Gasteiger partial charge in [-0.2, -0.15) is 4.98 Å². The van der Waals surface area contributed by atoms with Crippen LogP contribution in [0.1, 0.15) is 11.3 Å². The molecule has 0 aliphatic rings. The zero-order valence-corrected chi connectivity index (χ0v) is 12.1. The molecule has 0 amide bonds. The number of anilines is 1. The molecule has 0 saturated carbocycles. The van der Waals surface area contributed by atoms with Gasteiger partial charge in [0.1, 0.15) is 11.3 Å². The zero-order chi connectivity index (χ0) is 15.0. The van der Waals surface area contributed by atoms with Gasteiger partial charge in [-0.25, -0.2) is 8.42 Å². The summed E-state index contributed by atoms with van der Waals surface area (Å²) in [7, 11) is -3.69. The number of benzene rings is 1. The Kier molecular flexibility index (Phi) is 3.13. The van der Waals surface area contributed by atoms with Gasteiger partial charge in [-0.1, -0.05) is 6.07 Å². The van der Waals surface area contributed by atoms with Crippen LogP contribution in [-0.2, 0) is 15.6 Å². The van der Waals surface area contributed by atoms with Gasteiger partial charge < -0.3 is 10.2 Å². The van der Waals surface area contributed by atoms with Crippen molar-refractivity contribution in [3.63, 3.8) is 0 Å². The largest absolute Gasteiger partial charge is 0.428 e. The third kappa shape index (κ3) is 2.59. The van der Waals surface area contributed by atoms with Gasteiger partial charge in [0, 0.05) is 11.9 Å². The molecular formula is C14H13N3O3S. The van der Waals surface area contributed by atoms with Crippen LogP contribution in [0.3, 0.4) is 0 Å². The highest BCUT2D eigenvalue weighted by atomic mass is 32.2. The first-order valence-electron chi connectivity index (χ1n) is 6.25. The van der Waals surface area contributed by atoms with Crippen molar-refractivity contribution >= 4 is 26.6 Å². The summed E-state index contributed by atoms with van der Waals surface area (Å²) in [6.07, 6.45) is 1.56. The van der Waals surface area contributed by atoms with Gasteiger partial charge in [0.2, 0.25) is 9.84 Å². The molecule has 0 atom stereocenters. The van der Waals surface area contributed by atoms with E-state index in [9.17, 15) is 8.42 Å². The minimum absolute atomic E-state index is 0.248. The number of fused-ring (bicyclic) bond motifs is 1. The Morgan fingerprint density at radius 2 is 2.10 bits per heavy atom. The second-order valence-electron chi connectivity index (χ2n) is 4.73. The zero-order valence-electron chi connectivity index (χ0n) is 11.3. The maximum absolute atomic E-state index is 12.4. The maximum atomic E-state index is 12.4. The number of aromatic nitrogens is 2. The Balaban J connectivity index is 2.02. The molecule has 0 spiro atoms. The molecule has 0 unspecified atom stereocenters. The smallest absolute Gasteiger partial charge is 0.316 e. The summed E-state index contributed by atoms with van der Waals surface area (Å²) in [5, 5.41) is -0.312. The maximum Gasteiger partial charge on any atom is 0.316 e. The van der Waals surface area contributed by atoms with Gasteiger partial charge in [-0.15, -0.1) is 0 Å². The second-order valence-corrected chi connectivity index (χ2v) is 6.60. The molecule has 0 fully saturated rings. The standard InChI is InChI=1S/C14H13N3O3S/c1-9-3-2-6-16-12(9)8-21(18,19)14-17-11-7-10(15)4-5-13(11)20-14/h2-7H,8,15H2,1H3. The summed E-state index contributed by atoms with van der Waals surface area (Å²) < 4.78 is 30.1. The number of pyridine rings is 1. The van der Waals surface area contributed by atoms with E-state index in [4.69, 9.17) is 10.2 Å². The van der Waals surface area contributed by atoms with E-state index >= 15 is 0 Å². The molecule has 0 bridgehead atoms. The summed E-state index contributed by atoms with van der Waals surface area (Å²) in [4.78, 5) is 8.10. The molecule has 3 rings (SSSR count). The summed E-state index contributed by atoms with van der Waals surface area (Å²) >= 11 is 0. The molecule has 0 aliphatic heterocycles. The fourth-order valence-electron chi connectivity index (χ4n) is 1.97. The first kappa shape index (κ1) is 13.6. The molecule has 7 heteroatoms. The third-order valence-electron chi connectivity index (χ3n) is 3.10. The van der Waals surface area contributed by atoms with E-state index < -0.39 is 9.84 Å². The van der Waals surface area contributed by atoms with Crippen molar-refractivity contribution in [2.24, 2.45) is 0 Å². The van der Waals surface area contributed by atoms with Gasteiger partial charge in [-0.3, -0.25) is 4.98 Å². The Morgan fingerprint density at radius 3 is 2.86 bits per heavy atom. The molecule has 0 aliphatic carbocycles. The average Bonchev–Trinajstić information content (AvgIpc) is 2.85. The van der Waals surface area contributed by atoms with Crippen LogP contribution in [-0.4, -0.2) is 18.4 Å². The van der Waals surface area contributed by atoms with Crippen molar-refractivity contribution in [2.45, 2.75) is 17.9 Å². The Morgan fingerprint density at radius 1 is 1.29 bits per heavy atom. The number of nitrogen functional groups attached to an aromatic ring is 1. The van der Waals surface area contributed by atoms with Crippen molar-refractivity contribution in [3.05, 3.63) is 47.8 Å². The lowest BCUT2D eigenvalue weighted by molar-refractivity contribution is 0.457. The lowest BCUT2D eigenvalue weighted by Crippen LogP contribution is -2.08. The number of oxazole rings is 1. The van der Waals surface area contributed by atoms with E-state index in [2.05, 4.69) is 9.97 Å². The SMILES string of the molecule is Cc1cccnc1CS(=O)(=O)c1nc2cc(N)ccc2o1. The number of nitrogens with two attached hydrogens (primary N) is 1. The molecule has 2 aromatic heterocycles. The summed E-state index contributed by atoms with van der Waals surface area (Å²) in [6.45, 7) is 1.81. The van der Waals surface area contributed by atoms with E-state index in [1.165, 1.54) is 0 Å². The van der Waals surface area contributed by atoms with Crippen molar-refractivity contribution < 1.29 is 12.8 Å². The van der Waals surface area contributed by atoms with Gasteiger partial charge in [-0.05, 0) is 36.8 Å². The van der Waals surface area contributed by atoms with Gasteiger partial charge in [0.05, 0.1) is 5.69 Å². The molecule has 6 nitrogen and oxygen atoms in total. The summed E-state index contributed by atoms with van der Waals surface area (Å²) in [5.41, 5.74) is 8.25. The molecule has 3 aromatic rings. The lowest BCUT2D eigenvalue weighted by atomic mass is 10.2. The van der Waals surface area contributed by atoms with Crippen LogP contribution in [0.2, 0.25) is 0 Å². The van der Waals surface area contributed by atoms with Gasteiger partial charge >= 0.3 is 5.22 Å². The van der Waals surface area contributed by atoms with Crippen LogP contribution in [0.15, 0.2) is 46.2 Å². The molecule has 21 heavy (non-hydrogen) atoms. The normalized spacial score (nSPS) is 11.9. The number of sulfone groups is 1. The summed E-state index contributed by atoms with van der Waals surface area (Å²) in [6, 6.07) is 8.37. The monoisotopic (exact) mass is 303 g/mol. The minimum atomic E-state index is -3.69. The first-order valence-corrected chi connectivity index (χ1v) is 7.90. The fourth-order valence-corrected chi connectivity index (χ4v) is 3.21. The van der Waals surface area contributed by atoms with E-state index in [0.29, 0.717) is 22.5 Å². The number of nitrogens with zero attached hydrogens (tertiary/aromatic N) is 2. The lowest BCUT2D eigenvalue weighted by Gasteiger charge is -2.02. The van der Waals surface area contributed by atoms with Crippen molar-refractivity contribution in [1.29, 1.82) is 0 Å². The van der Waals surface area contributed by atoms with E-state index in [1.54, 1.807) is 30.5 Å². The Bertz CT molecular complexity index is 916. The molecule has 2 N–H and O–H groups in total. The predicted molar refractivity (Wildman–Crippen MR) is 78.3 cm³/mol. The van der Waals surface area contributed by atoms with Crippen LogP contribution in [0.4, 0.5) is 5.69 Å². The van der Waals surface area contributed by atoms with Crippen LogP contribution in [0.5, 0.6) is 0 Å². The number of aryl methyl sites for hydroxylation is 1. The third-order valence-corrected chi connectivity index (χ3v) is 4.46. The van der Waals surface area contributed by atoms with Crippen molar-refractivity contribution in [1.82, 2.24) is 9.97 Å². The van der Waals surface area contributed by atoms with E-state index in [-0.39, 0.29) is 11.0 Å². The van der Waals surface area contributed by atoms with Crippen molar-refractivity contribution in [2.75, 3.05) is 5.73 Å². The van der Waals surface area contributed by atoms with Crippen LogP contribution in [0, 0.1) is 6.92 Å². The average molecular weight is 303 g/mol. The fraction of sp³-hybridized carbons (Fsp3) is 0.143. The first-order chi connectivity index (χ1) is 9.95. The predicted octanol–water partition coefficient (Wildman–Crippen LogP) is 2.09. The van der Waals surface area contributed by atoms with Crippen LogP contribution in [0.25, 0.3) is 11.1 Å². The van der Waals surface area contributed by atoms with E-state index in [0.717, 1.165) is 5.56 Å². The molecule has 0 saturated heterocycles. The molecular weight excluding hydrogens is 290 g/mol. The number of hydrogen-bond donors (Lipinski definition) is 1. The van der Waals surface area contributed by atoms with Crippen LogP contribution >= 0.6 is 0 Å². The number of rotatable bonds is 3. The van der Waals surface area contributed by atoms with Crippen molar-refractivity contribution in [3.8, 4) is 0 Å². The Hall–Kier alpha value is -2.41. The highest BCUT2D eigenvalue weighted by Crippen LogP contribution is 2.23. The highest BCUT2D eigenvalue weighted by molar-refractivity contribution is 7.90. The second kappa shape index (κ2) is 4.85. The highest BCUT2D eigenvalue weighted by Gasteiger charge is 2.23.